The molecule has 0 aromatic carbocycles. The van der Waals surface area contributed by atoms with Gasteiger partial charge in [0, 0.05) is 12.4 Å². The number of rotatable bonds is 1. The molecule has 0 bridgehead atoms. The van der Waals surface area contributed by atoms with Crippen LogP contribution in [0.25, 0.3) is 0 Å². The molecule has 0 saturated heterocycles. The number of esters is 1. The zero-order valence-corrected chi connectivity index (χ0v) is 8.32. The third kappa shape index (κ3) is 7.21. The second-order valence-corrected chi connectivity index (χ2v) is 2.30. The van der Waals surface area contributed by atoms with Crippen LogP contribution >= 0.6 is 15.9 Å². The molecule has 0 spiro atoms. The van der Waals surface area contributed by atoms with Crippen LogP contribution in [-0.4, -0.2) is 23.4 Å². The van der Waals surface area contributed by atoms with Crippen LogP contribution in [0.15, 0.2) is 30.6 Å². The number of nitrogens with zero attached hydrogens (tertiary/aromatic N) is 1. The Labute approximate surface area is 79.9 Å². The zero-order chi connectivity index (χ0) is 9.23. The van der Waals surface area contributed by atoms with E-state index in [1.165, 1.54) is 7.11 Å². The van der Waals surface area contributed by atoms with Crippen LogP contribution in [0, 0.1) is 0 Å². The molecule has 0 aliphatic heterocycles. The Bertz CT molecular complexity index is 171. The quantitative estimate of drug-likeness (QED) is 0.545. The predicted octanol–water partition coefficient (Wildman–Crippen LogP) is 1.64. The van der Waals surface area contributed by atoms with E-state index in [2.05, 4.69) is 25.7 Å². The highest BCUT2D eigenvalue weighted by atomic mass is 79.9. The van der Waals surface area contributed by atoms with Gasteiger partial charge in [-0.25, -0.2) is 0 Å². The first-order valence-corrected chi connectivity index (χ1v) is 4.41. The fourth-order valence-corrected chi connectivity index (χ4v) is 0.596. The highest BCUT2D eigenvalue weighted by Crippen LogP contribution is 1.79. The van der Waals surface area contributed by atoms with Gasteiger partial charge in [-0.3, -0.25) is 9.78 Å². The third-order valence-corrected chi connectivity index (χ3v) is 1.36. The van der Waals surface area contributed by atoms with E-state index in [1.807, 2.05) is 18.2 Å². The SMILES string of the molecule is COC(=O)CBr.c1ccncc1. The molecule has 0 saturated carbocycles. The minimum absolute atomic E-state index is 0.241. The van der Waals surface area contributed by atoms with Crippen molar-refractivity contribution in [3.05, 3.63) is 30.6 Å². The van der Waals surface area contributed by atoms with E-state index in [0.717, 1.165) is 0 Å². The number of methoxy groups -OCH3 is 1. The lowest BCUT2D eigenvalue weighted by molar-refractivity contribution is -0.137. The number of pyridine rings is 1. The summed E-state index contributed by atoms with van der Waals surface area (Å²) < 4.78 is 4.21. The predicted molar refractivity (Wildman–Crippen MR) is 50.0 cm³/mol. The van der Waals surface area contributed by atoms with Crippen molar-refractivity contribution in [3.63, 3.8) is 0 Å². The maximum Gasteiger partial charge on any atom is 0.316 e. The summed E-state index contributed by atoms with van der Waals surface area (Å²) in [4.78, 5) is 13.7. The smallest absolute Gasteiger partial charge is 0.316 e. The van der Waals surface area contributed by atoms with Crippen LogP contribution in [0.2, 0.25) is 0 Å². The Kier molecular flexibility index (Phi) is 7.58. The van der Waals surface area contributed by atoms with Gasteiger partial charge >= 0.3 is 5.97 Å². The van der Waals surface area contributed by atoms with Crippen molar-refractivity contribution >= 4 is 21.9 Å². The Balaban J connectivity index is 0.000000202. The lowest BCUT2D eigenvalue weighted by atomic mass is 10.5. The van der Waals surface area contributed by atoms with Gasteiger partial charge in [0.15, 0.2) is 0 Å². The van der Waals surface area contributed by atoms with Gasteiger partial charge in [-0.15, -0.1) is 0 Å². The summed E-state index contributed by atoms with van der Waals surface area (Å²) in [6, 6.07) is 5.72. The summed E-state index contributed by atoms with van der Waals surface area (Å²) in [5.41, 5.74) is 0. The van der Waals surface area contributed by atoms with Crippen molar-refractivity contribution in [1.82, 2.24) is 4.98 Å². The van der Waals surface area contributed by atoms with Gasteiger partial charge < -0.3 is 4.74 Å². The summed E-state index contributed by atoms with van der Waals surface area (Å²) >= 11 is 2.90. The highest BCUT2D eigenvalue weighted by Gasteiger charge is 1.89. The van der Waals surface area contributed by atoms with Crippen molar-refractivity contribution in [1.29, 1.82) is 0 Å². The number of hydrogen-bond donors (Lipinski definition) is 0. The molecule has 0 fully saturated rings. The van der Waals surface area contributed by atoms with Crippen LogP contribution in [0.1, 0.15) is 0 Å². The minimum atomic E-state index is -0.241. The van der Waals surface area contributed by atoms with Crippen molar-refractivity contribution in [3.8, 4) is 0 Å². The van der Waals surface area contributed by atoms with Crippen LogP contribution in [0.4, 0.5) is 0 Å². The summed E-state index contributed by atoms with van der Waals surface area (Å²) in [7, 11) is 1.35. The average Bonchev–Trinajstić information content (AvgIpc) is 2.20. The molecule has 1 aromatic heterocycles. The van der Waals surface area contributed by atoms with E-state index < -0.39 is 0 Å². The average molecular weight is 232 g/mol. The molecule has 0 aliphatic carbocycles. The molecule has 0 amide bonds. The van der Waals surface area contributed by atoms with E-state index in [0.29, 0.717) is 0 Å². The first-order valence-electron chi connectivity index (χ1n) is 3.29. The van der Waals surface area contributed by atoms with Gasteiger partial charge in [-0.05, 0) is 12.1 Å². The van der Waals surface area contributed by atoms with Gasteiger partial charge in [-0.1, -0.05) is 22.0 Å². The second-order valence-electron chi connectivity index (χ2n) is 1.73. The topological polar surface area (TPSA) is 39.2 Å². The molecule has 12 heavy (non-hydrogen) atoms. The number of halogens is 1. The molecule has 4 heteroatoms. The molecular weight excluding hydrogens is 222 g/mol. The van der Waals surface area contributed by atoms with Crippen molar-refractivity contribution in [2.75, 3.05) is 12.4 Å². The van der Waals surface area contributed by atoms with Crippen molar-refractivity contribution in [2.24, 2.45) is 0 Å². The fourth-order valence-electron chi connectivity index (χ4n) is 0.367. The summed E-state index contributed by atoms with van der Waals surface area (Å²) in [6.45, 7) is 0. The Morgan fingerprint density at radius 3 is 2.08 bits per heavy atom. The van der Waals surface area contributed by atoms with Crippen LogP contribution in [0.3, 0.4) is 0 Å². The molecule has 0 atom stereocenters. The number of ether oxygens (including phenoxy) is 1. The standard InChI is InChI=1S/C5H5N.C3H5BrO2/c1-2-4-6-5-3-1;1-6-3(5)2-4/h1-5H;2H2,1H3. The molecule has 0 N–H and O–H groups in total. The maximum absolute atomic E-state index is 9.91. The monoisotopic (exact) mass is 231 g/mol. The molecule has 0 aliphatic rings. The van der Waals surface area contributed by atoms with Crippen LogP contribution < -0.4 is 0 Å². The van der Waals surface area contributed by atoms with Gasteiger partial charge in [0.25, 0.3) is 0 Å². The lowest BCUT2D eigenvalue weighted by Crippen LogP contribution is -1.99. The Morgan fingerprint density at radius 1 is 1.42 bits per heavy atom. The number of carbonyl (C=O) groups is 1. The van der Waals surface area contributed by atoms with Gasteiger partial charge in [0.2, 0.25) is 0 Å². The van der Waals surface area contributed by atoms with Crippen LogP contribution in [0.5, 0.6) is 0 Å². The van der Waals surface area contributed by atoms with Crippen LogP contribution in [-0.2, 0) is 9.53 Å². The number of hydrogen-bond acceptors (Lipinski definition) is 3. The van der Waals surface area contributed by atoms with Gasteiger partial charge in [0.05, 0.1) is 7.11 Å². The summed E-state index contributed by atoms with van der Waals surface area (Å²) in [5, 5.41) is 0.281. The molecule has 1 heterocycles. The van der Waals surface area contributed by atoms with E-state index >= 15 is 0 Å². The van der Waals surface area contributed by atoms with E-state index in [4.69, 9.17) is 0 Å². The number of carbonyl (C=O) groups excluding carboxylic acids is 1. The largest absolute Gasteiger partial charge is 0.468 e. The molecule has 0 unspecified atom stereocenters. The highest BCUT2D eigenvalue weighted by molar-refractivity contribution is 9.09. The van der Waals surface area contributed by atoms with E-state index in [9.17, 15) is 4.79 Å². The third-order valence-electron chi connectivity index (χ3n) is 0.903. The Hall–Kier alpha value is -0.900. The molecule has 66 valence electrons. The van der Waals surface area contributed by atoms with E-state index in [-0.39, 0.29) is 11.3 Å². The first kappa shape index (κ1) is 11.1. The number of aromatic nitrogens is 1. The molecule has 0 radical (unpaired) electrons. The zero-order valence-electron chi connectivity index (χ0n) is 6.74. The number of alkyl halides is 1. The molecule has 1 rings (SSSR count). The molecular formula is C8H10BrNO2. The normalized spacial score (nSPS) is 7.83. The first-order chi connectivity index (χ1) is 5.81. The van der Waals surface area contributed by atoms with Crippen molar-refractivity contribution in [2.45, 2.75) is 0 Å². The van der Waals surface area contributed by atoms with E-state index in [1.54, 1.807) is 12.4 Å². The molecule has 3 nitrogen and oxygen atoms in total. The van der Waals surface area contributed by atoms with Crippen molar-refractivity contribution < 1.29 is 9.53 Å². The lowest BCUT2D eigenvalue weighted by Gasteiger charge is -1.86. The fraction of sp³-hybridized carbons (Fsp3) is 0.250. The maximum atomic E-state index is 9.91. The summed E-state index contributed by atoms with van der Waals surface area (Å²) in [5.74, 6) is -0.241. The summed E-state index contributed by atoms with van der Waals surface area (Å²) in [6.07, 6.45) is 3.50. The molecule has 1 aromatic rings. The van der Waals surface area contributed by atoms with Gasteiger partial charge in [0.1, 0.15) is 5.33 Å². The Morgan fingerprint density at radius 2 is 2.00 bits per heavy atom. The second kappa shape index (κ2) is 8.20. The van der Waals surface area contributed by atoms with Gasteiger partial charge in [-0.2, -0.15) is 0 Å². The minimum Gasteiger partial charge on any atom is -0.468 e.